The van der Waals surface area contributed by atoms with E-state index in [-0.39, 0.29) is 0 Å². The molecule has 102 valence electrons. The molecule has 0 spiro atoms. The molecule has 0 bridgehead atoms. The van der Waals surface area contributed by atoms with Gasteiger partial charge in [-0.05, 0) is 56.4 Å². The minimum Gasteiger partial charge on any atom is -0.347 e. The van der Waals surface area contributed by atoms with Gasteiger partial charge in [0.2, 0.25) is 0 Å². The van der Waals surface area contributed by atoms with Gasteiger partial charge in [0, 0.05) is 29.3 Å². The summed E-state index contributed by atoms with van der Waals surface area (Å²) in [6.07, 6.45) is 7.50. The maximum Gasteiger partial charge on any atom is 0.0495 e. The Morgan fingerprint density at radius 3 is 3.00 bits per heavy atom. The molecular weight excluding hydrogens is 256 g/mol. The molecule has 19 heavy (non-hydrogen) atoms. The van der Waals surface area contributed by atoms with Crippen molar-refractivity contribution in [2.75, 3.05) is 13.6 Å². The Hall–Kier alpha value is -0.990. The molecule has 1 aromatic heterocycles. The molecule has 0 amide bonds. The number of halogens is 1. The summed E-state index contributed by atoms with van der Waals surface area (Å²) in [6.45, 7) is 2.34. The van der Waals surface area contributed by atoms with Crippen molar-refractivity contribution in [3.05, 3.63) is 35.5 Å². The van der Waals surface area contributed by atoms with Gasteiger partial charge < -0.3 is 9.47 Å². The zero-order valence-corrected chi connectivity index (χ0v) is 12.2. The van der Waals surface area contributed by atoms with Crippen molar-refractivity contribution < 1.29 is 0 Å². The van der Waals surface area contributed by atoms with Crippen molar-refractivity contribution in [2.24, 2.45) is 0 Å². The number of hydrogen-bond donors (Lipinski definition) is 0. The lowest BCUT2D eigenvalue weighted by Crippen LogP contribution is -2.36. The standard InChI is InChI=1S/C16H21ClN2/c1-18-9-3-2-4-15(18)8-11-19-10-7-13-5-6-14(17)12-16(13)19/h5-7,10,12,15H,2-4,8-9,11H2,1H3. The second kappa shape index (κ2) is 5.56. The number of hydrogen-bond acceptors (Lipinski definition) is 1. The van der Waals surface area contributed by atoms with Crippen LogP contribution in [0.2, 0.25) is 5.02 Å². The Kier molecular flexibility index (Phi) is 3.81. The normalized spacial score (nSPS) is 21.1. The Morgan fingerprint density at radius 2 is 2.16 bits per heavy atom. The third kappa shape index (κ3) is 2.80. The van der Waals surface area contributed by atoms with Gasteiger partial charge >= 0.3 is 0 Å². The fraction of sp³-hybridized carbons (Fsp3) is 0.500. The van der Waals surface area contributed by atoms with E-state index in [0.29, 0.717) is 0 Å². The Bertz CT molecular complexity index is 561. The van der Waals surface area contributed by atoms with Crippen LogP contribution < -0.4 is 0 Å². The summed E-state index contributed by atoms with van der Waals surface area (Å²) < 4.78 is 2.34. The number of piperidine rings is 1. The van der Waals surface area contributed by atoms with Gasteiger partial charge in [-0.1, -0.05) is 24.1 Å². The van der Waals surface area contributed by atoms with Crippen LogP contribution in [0.15, 0.2) is 30.5 Å². The molecule has 3 rings (SSSR count). The lowest BCUT2D eigenvalue weighted by molar-refractivity contribution is 0.171. The van der Waals surface area contributed by atoms with Crippen LogP contribution in [0, 0.1) is 0 Å². The Balaban J connectivity index is 1.72. The van der Waals surface area contributed by atoms with Gasteiger partial charge in [0.25, 0.3) is 0 Å². The first-order chi connectivity index (χ1) is 9.24. The van der Waals surface area contributed by atoms with Gasteiger partial charge in [-0.15, -0.1) is 0 Å². The number of benzene rings is 1. The van der Waals surface area contributed by atoms with E-state index in [0.717, 1.165) is 17.6 Å². The van der Waals surface area contributed by atoms with Gasteiger partial charge in [0.15, 0.2) is 0 Å². The van der Waals surface area contributed by atoms with Crippen LogP contribution in [0.1, 0.15) is 25.7 Å². The van der Waals surface area contributed by atoms with Crippen molar-refractivity contribution in [3.63, 3.8) is 0 Å². The lowest BCUT2D eigenvalue weighted by atomic mass is 10.0. The van der Waals surface area contributed by atoms with E-state index in [1.54, 1.807) is 0 Å². The third-order valence-electron chi connectivity index (χ3n) is 4.36. The summed E-state index contributed by atoms with van der Waals surface area (Å²) in [6, 6.07) is 9.05. The molecule has 2 aromatic rings. The van der Waals surface area contributed by atoms with Crippen molar-refractivity contribution in [1.29, 1.82) is 0 Å². The minimum absolute atomic E-state index is 0.741. The van der Waals surface area contributed by atoms with Crippen molar-refractivity contribution >= 4 is 22.5 Å². The van der Waals surface area contributed by atoms with E-state index in [9.17, 15) is 0 Å². The quantitative estimate of drug-likeness (QED) is 0.817. The zero-order valence-electron chi connectivity index (χ0n) is 11.5. The Labute approximate surface area is 120 Å². The molecule has 0 saturated carbocycles. The molecule has 1 aliphatic rings. The lowest BCUT2D eigenvalue weighted by Gasteiger charge is -2.32. The smallest absolute Gasteiger partial charge is 0.0495 e. The van der Waals surface area contributed by atoms with Crippen LogP contribution in [0.4, 0.5) is 0 Å². The highest BCUT2D eigenvalue weighted by Crippen LogP contribution is 2.23. The molecule has 1 aliphatic heterocycles. The van der Waals surface area contributed by atoms with E-state index >= 15 is 0 Å². The topological polar surface area (TPSA) is 8.17 Å². The highest BCUT2D eigenvalue weighted by molar-refractivity contribution is 6.31. The minimum atomic E-state index is 0.741. The van der Waals surface area contributed by atoms with E-state index < -0.39 is 0 Å². The number of fused-ring (bicyclic) bond motifs is 1. The number of nitrogens with zero attached hydrogens (tertiary/aromatic N) is 2. The molecule has 2 nitrogen and oxygen atoms in total. The van der Waals surface area contributed by atoms with Crippen molar-refractivity contribution in [1.82, 2.24) is 9.47 Å². The fourth-order valence-electron chi connectivity index (χ4n) is 3.15. The van der Waals surface area contributed by atoms with Gasteiger partial charge in [-0.3, -0.25) is 0 Å². The first kappa shape index (κ1) is 13.0. The highest BCUT2D eigenvalue weighted by atomic mass is 35.5. The summed E-state index contributed by atoms with van der Waals surface area (Å²) >= 11 is 6.10. The van der Waals surface area contributed by atoms with Gasteiger partial charge in [0.1, 0.15) is 0 Å². The molecular formula is C16H21ClN2. The van der Waals surface area contributed by atoms with Crippen LogP contribution in [0.25, 0.3) is 10.9 Å². The van der Waals surface area contributed by atoms with Gasteiger partial charge in [-0.2, -0.15) is 0 Å². The maximum absolute atomic E-state index is 6.10. The molecule has 1 atom stereocenters. The average Bonchev–Trinajstić information content (AvgIpc) is 2.80. The Morgan fingerprint density at radius 1 is 1.26 bits per heavy atom. The highest BCUT2D eigenvalue weighted by Gasteiger charge is 2.18. The molecule has 1 fully saturated rings. The average molecular weight is 277 g/mol. The summed E-state index contributed by atoms with van der Waals surface area (Å²) in [4.78, 5) is 2.52. The summed E-state index contributed by atoms with van der Waals surface area (Å²) in [5.74, 6) is 0. The van der Waals surface area contributed by atoms with E-state index in [1.165, 1.54) is 43.1 Å². The molecule has 1 aromatic carbocycles. The molecule has 1 saturated heterocycles. The first-order valence-electron chi connectivity index (χ1n) is 7.19. The zero-order chi connectivity index (χ0) is 13.2. The molecule has 0 N–H and O–H groups in total. The number of rotatable bonds is 3. The van der Waals surface area contributed by atoms with Crippen LogP contribution in [-0.4, -0.2) is 29.1 Å². The first-order valence-corrected chi connectivity index (χ1v) is 7.56. The van der Waals surface area contributed by atoms with E-state index in [4.69, 9.17) is 11.6 Å². The summed E-state index contributed by atoms with van der Waals surface area (Å²) in [5.41, 5.74) is 1.26. The van der Waals surface area contributed by atoms with Gasteiger partial charge in [-0.25, -0.2) is 0 Å². The molecule has 1 unspecified atom stereocenters. The van der Waals surface area contributed by atoms with Gasteiger partial charge in [0.05, 0.1) is 0 Å². The predicted molar refractivity (Wildman–Crippen MR) is 81.8 cm³/mol. The summed E-state index contributed by atoms with van der Waals surface area (Å²) in [5, 5.41) is 2.10. The predicted octanol–water partition coefficient (Wildman–Crippen LogP) is 4.17. The number of aromatic nitrogens is 1. The molecule has 3 heteroatoms. The van der Waals surface area contributed by atoms with Crippen LogP contribution in [-0.2, 0) is 6.54 Å². The van der Waals surface area contributed by atoms with Crippen molar-refractivity contribution in [3.8, 4) is 0 Å². The van der Waals surface area contributed by atoms with Crippen LogP contribution >= 0.6 is 11.6 Å². The van der Waals surface area contributed by atoms with Crippen LogP contribution in [0.5, 0.6) is 0 Å². The molecule has 0 radical (unpaired) electrons. The molecule has 0 aliphatic carbocycles. The summed E-state index contributed by atoms with van der Waals surface area (Å²) in [7, 11) is 2.26. The molecule has 2 heterocycles. The number of aryl methyl sites for hydroxylation is 1. The van der Waals surface area contributed by atoms with E-state index in [1.807, 2.05) is 6.07 Å². The largest absolute Gasteiger partial charge is 0.347 e. The monoisotopic (exact) mass is 276 g/mol. The van der Waals surface area contributed by atoms with E-state index in [2.05, 4.69) is 40.9 Å². The SMILES string of the molecule is CN1CCCCC1CCn1ccc2ccc(Cl)cc21. The number of likely N-dealkylation sites (tertiary alicyclic amines) is 1. The second-order valence-electron chi connectivity index (χ2n) is 5.63. The van der Waals surface area contributed by atoms with Crippen molar-refractivity contribution in [2.45, 2.75) is 38.3 Å². The second-order valence-corrected chi connectivity index (χ2v) is 6.07. The maximum atomic E-state index is 6.10. The third-order valence-corrected chi connectivity index (χ3v) is 4.60. The fourth-order valence-corrected chi connectivity index (χ4v) is 3.32. The van der Waals surface area contributed by atoms with Crippen LogP contribution in [0.3, 0.4) is 0 Å².